The Morgan fingerprint density at radius 1 is 0.972 bits per heavy atom. The van der Waals surface area contributed by atoms with Gasteiger partial charge in [-0.25, -0.2) is 8.78 Å². The number of carbonyl (C=O) groups is 2. The second-order valence-corrected chi connectivity index (χ2v) is 10.8. The van der Waals surface area contributed by atoms with Crippen LogP contribution in [0.1, 0.15) is 46.2 Å². The van der Waals surface area contributed by atoms with Crippen LogP contribution < -0.4 is 12.4 Å². The summed E-state index contributed by atoms with van der Waals surface area (Å²) >= 11 is 1.47. The van der Waals surface area contributed by atoms with E-state index in [1.165, 1.54) is 35.6 Å². The first-order valence-corrected chi connectivity index (χ1v) is 12.9. The molecule has 2 aromatic carbocycles. The molecule has 3 aromatic rings. The van der Waals surface area contributed by atoms with E-state index in [2.05, 4.69) is 0 Å². The third-order valence-electron chi connectivity index (χ3n) is 7.49. The van der Waals surface area contributed by atoms with Crippen LogP contribution in [0.2, 0.25) is 0 Å². The highest BCUT2D eigenvalue weighted by Gasteiger charge is 2.47. The maximum atomic E-state index is 13.9. The lowest BCUT2D eigenvalue weighted by atomic mass is 9.75. The Kier molecular flexibility index (Phi) is 8.23. The van der Waals surface area contributed by atoms with Crippen LogP contribution in [0.5, 0.6) is 0 Å². The van der Waals surface area contributed by atoms with Crippen LogP contribution >= 0.6 is 11.3 Å². The van der Waals surface area contributed by atoms with Crippen LogP contribution in [0.3, 0.4) is 0 Å². The van der Waals surface area contributed by atoms with Gasteiger partial charge in [-0.15, -0.1) is 11.3 Å². The number of ether oxygens (including phenoxy) is 1. The summed E-state index contributed by atoms with van der Waals surface area (Å²) < 4.78 is 34.5. The van der Waals surface area contributed by atoms with Gasteiger partial charge in [0.25, 0.3) is 0 Å². The Bertz CT molecular complexity index is 1170. The van der Waals surface area contributed by atoms with Gasteiger partial charge in [0.15, 0.2) is 6.10 Å². The number of halogens is 3. The largest absolute Gasteiger partial charge is 1.00 e. The van der Waals surface area contributed by atoms with Crippen molar-refractivity contribution in [2.75, 3.05) is 26.2 Å². The summed E-state index contributed by atoms with van der Waals surface area (Å²) in [6, 6.07) is 15.5. The summed E-state index contributed by atoms with van der Waals surface area (Å²) in [7, 11) is 0. The number of quaternary nitrogens is 1. The fraction of sp³-hybridized carbons (Fsp3) is 0.357. The van der Waals surface area contributed by atoms with Crippen LogP contribution in [0.15, 0.2) is 66.0 Å². The predicted octanol–water partition coefficient (Wildman–Crippen LogP) is 2.79. The quantitative estimate of drug-likeness (QED) is 0.255. The molecule has 0 spiro atoms. The lowest BCUT2D eigenvalue weighted by Crippen LogP contribution is -3.00. The standard InChI is InChI=1S/C28H28F2NO3S.ClH/c29-23-6-1-4-20(14-23)28(21-5-2-7-24(30)15-21)34-27(33)16-22-17-31(11-9-19(22)10-12-31)18-25(32)26-8-3-13-35-26;/h1-8,13-15,19,22,28H,9-12,16-18H2;1H/q+1;/p-1/t19?,22-,31?;/m0./s1. The van der Waals surface area contributed by atoms with E-state index in [-0.39, 0.29) is 36.5 Å². The Balaban J connectivity index is 0.00000304. The maximum absolute atomic E-state index is 13.9. The van der Waals surface area contributed by atoms with E-state index >= 15 is 0 Å². The summed E-state index contributed by atoms with van der Waals surface area (Å²) in [5.41, 5.74) is 0.922. The molecule has 4 heterocycles. The predicted molar refractivity (Wildman–Crippen MR) is 130 cm³/mol. The Morgan fingerprint density at radius 3 is 2.17 bits per heavy atom. The number of Topliss-reactive ketones (excluding diaryl/α,β-unsaturated/α-hetero) is 1. The fourth-order valence-electron chi connectivity index (χ4n) is 5.77. The Hall–Kier alpha value is -2.61. The van der Waals surface area contributed by atoms with Gasteiger partial charge >= 0.3 is 5.97 Å². The van der Waals surface area contributed by atoms with Crippen LogP contribution in [0, 0.1) is 23.5 Å². The molecule has 0 unspecified atom stereocenters. The third kappa shape index (κ3) is 5.85. The molecule has 2 bridgehead atoms. The summed E-state index contributed by atoms with van der Waals surface area (Å²) in [6.45, 7) is 3.17. The normalized spacial score (nSPS) is 22.8. The molecule has 0 radical (unpaired) electrons. The molecule has 3 saturated heterocycles. The number of hydrogen-bond donors (Lipinski definition) is 0. The first-order valence-electron chi connectivity index (χ1n) is 12.0. The minimum atomic E-state index is -0.890. The van der Waals surface area contributed by atoms with Crippen molar-refractivity contribution in [2.24, 2.45) is 11.8 Å². The van der Waals surface area contributed by atoms with Gasteiger partial charge in [-0.3, -0.25) is 9.59 Å². The zero-order valence-corrected chi connectivity index (χ0v) is 21.3. The maximum Gasteiger partial charge on any atom is 0.307 e. The molecule has 1 aromatic heterocycles. The molecule has 3 aliphatic heterocycles. The van der Waals surface area contributed by atoms with Crippen molar-refractivity contribution in [2.45, 2.75) is 25.4 Å². The lowest BCUT2D eigenvalue weighted by Gasteiger charge is -2.52. The van der Waals surface area contributed by atoms with Crippen molar-refractivity contribution >= 4 is 23.1 Å². The van der Waals surface area contributed by atoms with Gasteiger partial charge in [-0.05, 0) is 52.8 Å². The molecule has 4 nitrogen and oxygen atoms in total. The fourth-order valence-corrected chi connectivity index (χ4v) is 6.43. The average Bonchev–Trinajstić information content (AvgIpc) is 3.38. The van der Waals surface area contributed by atoms with Gasteiger partial charge in [-0.1, -0.05) is 30.3 Å². The molecule has 190 valence electrons. The first kappa shape index (κ1) is 26.5. The summed E-state index contributed by atoms with van der Waals surface area (Å²) in [6.07, 6.45) is 1.33. The molecular formula is C28H28ClF2NO3S. The molecule has 0 saturated carbocycles. The minimum absolute atomic E-state index is 0. The van der Waals surface area contributed by atoms with Gasteiger partial charge in [0.05, 0.1) is 30.9 Å². The zero-order chi connectivity index (χ0) is 24.4. The second kappa shape index (κ2) is 11.2. The number of esters is 1. The molecule has 0 N–H and O–H groups in total. The molecule has 0 aliphatic carbocycles. The van der Waals surface area contributed by atoms with E-state index in [0.717, 1.165) is 41.8 Å². The number of fused-ring (bicyclic) bond motifs is 3. The molecular weight excluding hydrogens is 504 g/mol. The molecule has 3 aliphatic rings. The van der Waals surface area contributed by atoms with Gasteiger partial charge in [0.1, 0.15) is 18.2 Å². The number of piperidine rings is 3. The van der Waals surface area contributed by atoms with Crippen LogP contribution in [-0.2, 0) is 9.53 Å². The number of rotatable bonds is 8. The van der Waals surface area contributed by atoms with E-state index in [0.29, 0.717) is 23.6 Å². The number of thiophene rings is 1. The van der Waals surface area contributed by atoms with E-state index in [1.807, 2.05) is 17.5 Å². The highest BCUT2D eigenvalue weighted by Crippen LogP contribution is 2.40. The van der Waals surface area contributed by atoms with E-state index in [1.54, 1.807) is 24.3 Å². The molecule has 6 rings (SSSR count). The second-order valence-electron chi connectivity index (χ2n) is 9.81. The number of carbonyl (C=O) groups excluding carboxylic acids is 2. The van der Waals surface area contributed by atoms with Crippen molar-refractivity contribution in [3.8, 4) is 0 Å². The van der Waals surface area contributed by atoms with E-state index in [9.17, 15) is 18.4 Å². The topological polar surface area (TPSA) is 43.4 Å². The Morgan fingerprint density at radius 2 is 1.61 bits per heavy atom. The lowest BCUT2D eigenvalue weighted by molar-refractivity contribution is -0.939. The highest BCUT2D eigenvalue weighted by molar-refractivity contribution is 7.12. The molecule has 8 heteroatoms. The van der Waals surface area contributed by atoms with E-state index in [4.69, 9.17) is 4.74 Å². The number of ketones is 1. The van der Waals surface area contributed by atoms with Gasteiger partial charge in [-0.2, -0.15) is 0 Å². The van der Waals surface area contributed by atoms with Crippen molar-refractivity contribution in [1.29, 1.82) is 0 Å². The summed E-state index contributed by atoms with van der Waals surface area (Å²) in [4.78, 5) is 26.8. The smallest absolute Gasteiger partial charge is 0.307 e. The summed E-state index contributed by atoms with van der Waals surface area (Å²) in [5, 5.41) is 1.92. The molecule has 3 fully saturated rings. The van der Waals surface area contributed by atoms with E-state index < -0.39 is 17.7 Å². The highest BCUT2D eigenvalue weighted by atomic mass is 35.5. The number of hydrogen-bond acceptors (Lipinski definition) is 4. The van der Waals surface area contributed by atoms with Crippen molar-refractivity contribution in [3.63, 3.8) is 0 Å². The zero-order valence-electron chi connectivity index (χ0n) is 19.7. The van der Waals surface area contributed by atoms with Crippen molar-refractivity contribution in [1.82, 2.24) is 0 Å². The Labute approximate surface area is 219 Å². The first-order chi connectivity index (χ1) is 16.9. The van der Waals surface area contributed by atoms with Crippen LogP contribution in [0.25, 0.3) is 0 Å². The molecule has 36 heavy (non-hydrogen) atoms. The molecule has 1 atom stereocenters. The van der Waals surface area contributed by atoms with Gasteiger partial charge in [0, 0.05) is 18.8 Å². The van der Waals surface area contributed by atoms with Gasteiger partial charge in [0.2, 0.25) is 5.78 Å². The monoisotopic (exact) mass is 531 g/mol. The third-order valence-corrected chi connectivity index (χ3v) is 8.40. The van der Waals surface area contributed by atoms with Crippen molar-refractivity contribution < 1.29 is 40.0 Å². The SMILES string of the molecule is O=C(C[C@H]1C[N+]2(CC(=O)c3cccs3)CCC1CC2)OC(c1cccc(F)c1)c1cccc(F)c1.[Cl-]. The number of benzene rings is 2. The summed E-state index contributed by atoms with van der Waals surface area (Å²) in [5.74, 6) is -0.551. The van der Waals surface area contributed by atoms with Crippen LogP contribution in [-0.4, -0.2) is 42.4 Å². The van der Waals surface area contributed by atoms with Gasteiger partial charge < -0.3 is 21.6 Å². The van der Waals surface area contributed by atoms with Crippen molar-refractivity contribution in [3.05, 3.63) is 93.7 Å². The van der Waals surface area contributed by atoms with Crippen LogP contribution in [0.4, 0.5) is 8.78 Å². The average molecular weight is 532 g/mol. The molecule has 0 amide bonds. The number of nitrogens with zero attached hydrogens (tertiary/aromatic N) is 1. The minimum Gasteiger partial charge on any atom is -1.00 e.